The summed E-state index contributed by atoms with van der Waals surface area (Å²) >= 11 is 0. The fraction of sp³-hybridized carbons (Fsp3) is 0.500. The Labute approximate surface area is 120 Å². The minimum atomic E-state index is -0.428. The number of nitrogens with one attached hydrogen (secondary N) is 1. The molecule has 0 unspecified atom stereocenters. The van der Waals surface area contributed by atoms with Crippen LogP contribution in [0.2, 0.25) is 0 Å². The van der Waals surface area contributed by atoms with Crippen LogP contribution < -0.4 is 4.90 Å². The minimum Gasteiger partial charge on any atom is -0.356 e. The van der Waals surface area contributed by atoms with Crippen LogP contribution in [0.15, 0.2) is 12.3 Å². The molecule has 2 aromatic heterocycles. The molecule has 9 nitrogen and oxygen atoms in total. The van der Waals surface area contributed by atoms with Gasteiger partial charge in [0.25, 0.3) is 5.69 Å². The van der Waals surface area contributed by atoms with Crippen LogP contribution in [-0.4, -0.2) is 43.6 Å². The van der Waals surface area contributed by atoms with E-state index in [-0.39, 0.29) is 11.6 Å². The zero-order valence-electron chi connectivity index (χ0n) is 11.6. The van der Waals surface area contributed by atoms with E-state index in [9.17, 15) is 10.1 Å². The molecule has 1 fully saturated rings. The third-order valence-electron chi connectivity index (χ3n) is 3.69. The summed E-state index contributed by atoms with van der Waals surface area (Å²) in [7, 11) is 0. The topological polar surface area (TPSA) is 114 Å². The van der Waals surface area contributed by atoms with Crippen molar-refractivity contribution in [2.45, 2.75) is 25.7 Å². The van der Waals surface area contributed by atoms with E-state index < -0.39 is 4.92 Å². The van der Waals surface area contributed by atoms with E-state index in [2.05, 4.69) is 30.5 Å². The molecular weight excluding hydrogens is 274 g/mol. The lowest BCUT2D eigenvalue weighted by molar-refractivity contribution is -0.385. The minimum absolute atomic E-state index is 0.0166. The summed E-state index contributed by atoms with van der Waals surface area (Å²) in [6.45, 7) is 3.46. The lowest BCUT2D eigenvalue weighted by Gasteiger charge is -2.32. The van der Waals surface area contributed by atoms with Crippen molar-refractivity contribution in [1.29, 1.82) is 0 Å². The summed E-state index contributed by atoms with van der Waals surface area (Å²) in [6.07, 6.45) is 3.31. The Kier molecular flexibility index (Phi) is 3.46. The number of nitro groups is 1. The van der Waals surface area contributed by atoms with Crippen LogP contribution >= 0.6 is 0 Å². The van der Waals surface area contributed by atoms with Gasteiger partial charge < -0.3 is 4.90 Å². The molecule has 0 bridgehead atoms. The Morgan fingerprint density at radius 1 is 1.52 bits per heavy atom. The second-order valence-electron chi connectivity index (χ2n) is 5.15. The number of hydrogen-bond donors (Lipinski definition) is 1. The maximum Gasteiger partial charge on any atom is 0.287 e. The zero-order valence-corrected chi connectivity index (χ0v) is 11.6. The lowest BCUT2D eigenvalue weighted by atomic mass is 9.97. The number of tetrazole rings is 1. The van der Waals surface area contributed by atoms with E-state index >= 15 is 0 Å². The summed E-state index contributed by atoms with van der Waals surface area (Å²) in [6, 6.07) is 1.56. The first-order valence-corrected chi connectivity index (χ1v) is 6.74. The van der Waals surface area contributed by atoms with Gasteiger partial charge in [-0.25, -0.2) is 4.98 Å². The van der Waals surface area contributed by atoms with Crippen LogP contribution in [0.4, 0.5) is 11.5 Å². The molecule has 1 aliphatic heterocycles. The molecule has 1 N–H and O–H groups in total. The Morgan fingerprint density at radius 2 is 2.38 bits per heavy atom. The SMILES string of the molecule is Cc1cc([N+](=O)[O-])cnc1N1CCC[C@H](c2nn[nH]n2)C1. The van der Waals surface area contributed by atoms with E-state index in [1.54, 1.807) is 6.07 Å². The van der Waals surface area contributed by atoms with Gasteiger partial charge in [0.15, 0.2) is 5.82 Å². The Bertz CT molecular complexity index is 643. The molecule has 9 heteroatoms. The van der Waals surface area contributed by atoms with Crippen molar-refractivity contribution < 1.29 is 4.92 Å². The van der Waals surface area contributed by atoms with E-state index in [1.165, 1.54) is 6.20 Å². The van der Waals surface area contributed by atoms with Crippen LogP contribution in [0.5, 0.6) is 0 Å². The summed E-state index contributed by atoms with van der Waals surface area (Å²) in [4.78, 5) is 16.7. The van der Waals surface area contributed by atoms with Gasteiger partial charge in [0, 0.05) is 25.1 Å². The zero-order chi connectivity index (χ0) is 14.8. The molecule has 3 heterocycles. The van der Waals surface area contributed by atoms with Gasteiger partial charge in [-0.1, -0.05) is 5.21 Å². The van der Waals surface area contributed by atoms with Gasteiger partial charge in [0.2, 0.25) is 0 Å². The summed E-state index contributed by atoms with van der Waals surface area (Å²) in [5, 5.41) is 24.9. The molecule has 3 rings (SSSR count). The molecule has 0 aromatic carbocycles. The first kappa shape index (κ1) is 13.4. The molecule has 2 aromatic rings. The smallest absolute Gasteiger partial charge is 0.287 e. The largest absolute Gasteiger partial charge is 0.356 e. The first-order valence-electron chi connectivity index (χ1n) is 6.74. The average molecular weight is 289 g/mol. The molecule has 1 aliphatic rings. The number of H-pyrrole nitrogens is 1. The third kappa shape index (κ3) is 2.67. The van der Waals surface area contributed by atoms with Gasteiger partial charge in [-0.2, -0.15) is 5.21 Å². The van der Waals surface area contributed by atoms with Gasteiger partial charge in [0.05, 0.1) is 4.92 Å². The molecule has 0 saturated carbocycles. The Hall–Kier alpha value is -2.58. The molecule has 0 radical (unpaired) electrons. The van der Waals surface area contributed by atoms with Crippen molar-refractivity contribution in [1.82, 2.24) is 25.6 Å². The Balaban J connectivity index is 1.82. The van der Waals surface area contributed by atoms with Crippen LogP contribution in [0.1, 0.15) is 30.1 Å². The number of rotatable bonds is 3. The van der Waals surface area contributed by atoms with Crippen molar-refractivity contribution in [3.63, 3.8) is 0 Å². The third-order valence-corrected chi connectivity index (χ3v) is 3.69. The summed E-state index contributed by atoms with van der Waals surface area (Å²) in [5.74, 6) is 1.70. The fourth-order valence-corrected chi connectivity index (χ4v) is 2.71. The van der Waals surface area contributed by atoms with Crippen LogP contribution in [0, 0.1) is 17.0 Å². The van der Waals surface area contributed by atoms with Crippen molar-refractivity contribution >= 4 is 11.5 Å². The maximum atomic E-state index is 10.8. The molecule has 0 amide bonds. The number of aromatic nitrogens is 5. The number of pyridine rings is 1. The second kappa shape index (κ2) is 5.43. The second-order valence-corrected chi connectivity index (χ2v) is 5.15. The molecular formula is C12H15N7O2. The Morgan fingerprint density at radius 3 is 3.05 bits per heavy atom. The van der Waals surface area contributed by atoms with Crippen molar-refractivity contribution in [2.75, 3.05) is 18.0 Å². The predicted octanol–water partition coefficient (Wildman–Crippen LogP) is 1.20. The predicted molar refractivity (Wildman–Crippen MR) is 74.0 cm³/mol. The van der Waals surface area contributed by atoms with Gasteiger partial charge in [-0.15, -0.1) is 10.2 Å². The maximum absolute atomic E-state index is 10.8. The highest BCUT2D eigenvalue weighted by molar-refractivity contribution is 5.51. The highest BCUT2D eigenvalue weighted by Crippen LogP contribution is 2.29. The van der Waals surface area contributed by atoms with Crippen molar-refractivity contribution in [3.8, 4) is 0 Å². The standard InChI is InChI=1S/C12H15N7O2/c1-8-5-10(19(20)21)6-13-12(8)18-4-2-3-9(7-18)11-14-16-17-15-11/h5-6,9H,2-4,7H2,1H3,(H,14,15,16,17)/t9-/m0/s1. The number of aryl methyl sites for hydroxylation is 1. The van der Waals surface area contributed by atoms with Crippen LogP contribution in [-0.2, 0) is 0 Å². The van der Waals surface area contributed by atoms with Crippen LogP contribution in [0.25, 0.3) is 0 Å². The van der Waals surface area contributed by atoms with E-state index in [1.807, 2.05) is 6.92 Å². The highest BCUT2D eigenvalue weighted by atomic mass is 16.6. The van der Waals surface area contributed by atoms with Crippen molar-refractivity contribution in [3.05, 3.63) is 33.8 Å². The number of piperidine rings is 1. The number of nitrogens with zero attached hydrogens (tertiary/aromatic N) is 6. The van der Waals surface area contributed by atoms with E-state index in [0.717, 1.165) is 37.3 Å². The number of anilines is 1. The van der Waals surface area contributed by atoms with Gasteiger partial charge in [-0.3, -0.25) is 10.1 Å². The molecule has 1 atom stereocenters. The highest BCUT2D eigenvalue weighted by Gasteiger charge is 2.26. The summed E-state index contributed by atoms with van der Waals surface area (Å²) in [5.41, 5.74) is 0.820. The van der Waals surface area contributed by atoms with Gasteiger partial charge in [0.1, 0.15) is 12.0 Å². The monoisotopic (exact) mass is 289 g/mol. The molecule has 1 saturated heterocycles. The molecule has 110 valence electrons. The quantitative estimate of drug-likeness (QED) is 0.666. The average Bonchev–Trinajstić information content (AvgIpc) is 3.01. The first-order chi connectivity index (χ1) is 10.1. The lowest BCUT2D eigenvalue weighted by Crippen LogP contribution is -2.35. The van der Waals surface area contributed by atoms with Crippen molar-refractivity contribution in [2.24, 2.45) is 0 Å². The number of hydrogen-bond acceptors (Lipinski definition) is 7. The number of aromatic amines is 1. The normalized spacial score (nSPS) is 18.7. The fourth-order valence-electron chi connectivity index (χ4n) is 2.71. The van der Waals surface area contributed by atoms with Crippen LogP contribution in [0.3, 0.4) is 0 Å². The van der Waals surface area contributed by atoms with Gasteiger partial charge in [-0.05, 0) is 25.3 Å². The molecule has 21 heavy (non-hydrogen) atoms. The van der Waals surface area contributed by atoms with Gasteiger partial charge >= 0.3 is 0 Å². The molecule has 0 aliphatic carbocycles. The van der Waals surface area contributed by atoms with E-state index in [4.69, 9.17) is 0 Å². The summed E-state index contributed by atoms with van der Waals surface area (Å²) < 4.78 is 0. The molecule has 0 spiro atoms. The van der Waals surface area contributed by atoms with E-state index in [0.29, 0.717) is 5.82 Å².